The summed E-state index contributed by atoms with van der Waals surface area (Å²) in [5, 5.41) is 13.5. The van der Waals surface area contributed by atoms with Crippen LogP contribution in [0.5, 0.6) is 0 Å². The Hall–Kier alpha value is -2.31. The molecule has 2 aromatic rings. The third-order valence-electron chi connectivity index (χ3n) is 4.13. The summed E-state index contributed by atoms with van der Waals surface area (Å²) in [6.07, 6.45) is 0.297. The molecule has 0 radical (unpaired) electrons. The van der Waals surface area contributed by atoms with Crippen molar-refractivity contribution in [3.8, 4) is 0 Å². The number of anilines is 1. The van der Waals surface area contributed by atoms with E-state index in [-0.39, 0.29) is 19.0 Å². The van der Waals surface area contributed by atoms with E-state index in [0.717, 1.165) is 11.8 Å². The van der Waals surface area contributed by atoms with Crippen molar-refractivity contribution >= 4 is 11.6 Å². The number of halogens is 2. The van der Waals surface area contributed by atoms with Crippen LogP contribution >= 0.6 is 0 Å². The van der Waals surface area contributed by atoms with Crippen molar-refractivity contribution in [2.75, 3.05) is 18.0 Å². The summed E-state index contributed by atoms with van der Waals surface area (Å²) in [5.41, 5.74) is -0.353. The van der Waals surface area contributed by atoms with Crippen LogP contribution in [0.4, 0.5) is 14.5 Å². The van der Waals surface area contributed by atoms with E-state index in [1.807, 2.05) is 30.3 Å². The van der Waals surface area contributed by atoms with E-state index in [9.17, 15) is 18.7 Å². The monoisotopic (exact) mass is 332 g/mol. The van der Waals surface area contributed by atoms with Gasteiger partial charge in [-0.2, -0.15) is 0 Å². The molecule has 1 amide bonds. The molecule has 126 valence electrons. The topological polar surface area (TPSA) is 52.6 Å². The molecule has 1 aliphatic rings. The Morgan fingerprint density at radius 2 is 1.79 bits per heavy atom. The van der Waals surface area contributed by atoms with Gasteiger partial charge in [-0.3, -0.25) is 4.79 Å². The number of nitrogens with one attached hydrogen (secondary N) is 1. The zero-order valence-corrected chi connectivity index (χ0v) is 13.0. The zero-order valence-electron chi connectivity index (χ0n) is 13.0. The van der Waals surface area contributed by atoms with E-state index in [1.54, 1.807) is 4.90 Å². The maximum atomic E-state index is 13.2. The number of carbonyl (C=O) groups is 1. The summed E-state index contributed by atoms with van der Waals surface area (Å²) in [5.74, 6) is -1.68. The van der Waals surface area contributed by atoms with E-state index in [4.69, 9.17) is 0 Å². The number of hydrogen-bond acceptors (Lipinski definition) is 3. The Morgan fingerprint density at radius 3 is 2.46 bits per heavy atom. The van der Waals surface area contributed by atoms with Crippen molar-refractivity contribution in [2.45, 2.75) is 18.6 Å². The number of carbonyl (C=O) groups excluding carboxylic acids is 1. The summed E-state index contributed by atoms with van der Waals surface area (Å²) in [4.78, 5) is 14.0. The lowest BCUT2D eigenvalue weighted by Gasteiger charge is -2.23. The van der Waals surface area contributed by atoms with Crippen molar-refractivity contribution in [1.29, 1.82) is 0 Å². The molecule has 0 aromatic heterocycles. The Morgan fingerprint density at radius 1 is 1.12 bits per heavy atom. The Kier molecular flexibility index (Phi) is 4.59. The minimum atomic E-state index is -1.51. The van der Waals surface area contributed by atoms with Gasteiger partial charge in [0.2, 0.25) is 0 Å². The fraction of sp³-hybridized carbons (Fsp3) is 0.278. The van der Waals surface area contributed by atoms with E-state index in [2.05, 4.69) is 5.32 Å². The molecule has 4 nitrogen and oxygen atoms in total. The first-order valence-corrected chi connectivity index (χ1v) is 7.73. The molecule has 1 fully saturated rings. The lowest BCUT2D eigenvalue weighted by molar-refractivity contribution is -0.132. The second-order valence-corrected chi connectivity index (χ2v) is 5.96. The van der Waals surface area contributed by atoms with Crippen molar-refractivity contribution in [1.82, 2.24) is 5.32 Å². The van der Waals surface area contributed by atoms with Gasteiger partial charge in [0.1, 0.15) is 11.6 Å². The average Bonchev–Trinajstić information content (AvgIpc) is 2.83. The second kappa shape index (κ2) is 6.67. The second-order valence-electron chi connectivity index (χ2n) is 5.96. The third kappa shape index (κ3) is 3.44. The number of para-hydroxylation sites is 1. The largest absolute Gasteiger partial charge is 0.379 e. The van der Waals surface area contributed by atoms with Crippen LogP contribution in [0.25, 0.3) is 0 Å². The molecule has 1 atom stereocenters. The summed E-state index contributed by atoms with van der Waals surface area (Å²) < 4.78 is 26.3. The summed E-state index contributed by atoms with van der Waals surface area (Å²) in [6.45, 7) is 0.610. The summed E-state index contributed by atoms with van der Waals surface area (Å²) >= 11 is 0. The summed E-state index contributed by atoms with van der Waals surface area (Å²) in [7, 11) is 0. The number of amides is 1. The number of nitrogens with zero attached hydrogens (tertiary/aromatic N) is 1. The van der Waals surface area contributed by atoms with Gasteiger partial charge in [-0.25, -0.2) is 8.78 Å². The predicted molar refractivity (Wildman–Crippen MR) is 86.4 cm³/mol. The van der Waals surface area contributed by atoms with Crippen LogP contribution in [0.3, 0.4) is 0 Å². The molecule has 0 spiro atoms. The molecule has 3 rings (SSSR count). The number of benzene rings is 2. The van der Waals surface area contributed by atoms with Crippen LogP contribution in [0.1, 0.15) is 12.0 Å². The first kappa shape index (κ1) is 16.5. The lowest BCUT2D eigenvalue weighted by atomic mass is 10.0. The first-order valence-electron chi connectivity index (χ1n) is 7.73. The highest BCUT2D eigenvalue weighted by Crippen LogP contribution is 2.27. The Balaban J connectivity index is 1.62. The van der Waals surface area contributed by atoms with Gasteiger partial charge in [-0.05, 0) is 29.8 Å². The summed E-state index contributed by atoms with van der Waals surface area (Å²) in [6, 6.07) is 12.4. The van der Waals surface area contributed by atoms with Crippen LogP contribution in [0, 0.1) is 11.6 Å². The molecule has 0 bridgehead atoms. The van der Waals surface area contributed by atoms with Crippen LogP contribution in [-0.4, -0.2) is 29.7 Å². The molecule has 1 aliphatic heterocycles. The van der Waals surface area contributed by atoms with E-state index < -0.39 is 17.2 Å². The van der Waals surface area contributed by atoms with Crippen molar-refractivity contribution in [3.05, 3.63) is 65.7 Å². The molecule has 6 heteroatoms. The first-order chi connectivity index (χ1) is 11.5. The van der Waals surface area contributed by atoms with Gasteiger partial charge in [0.15, 0.2) is 5.60 Å². The standard InChI is InChI=1S/C18H18F2N2O2/c19-14-8-13(9-15(20)10-14)11-21-12-18(24)6-7-22(17(18)23)16-4-2-1-3-5-16/h1-5,8-10,21,24H,6-7,11-12H2. The maximum Gasteiger partial charge on any atom is 0.260 e. The molecule has 2 aromatic carbocycles. The Labute approximate surface area is 138 Å². The van der Waals surface area contributed by atoms with Crippen molar-refractivity contribution in [2.24, 2.45) is 0 Å². The SMILES string of the molecule is O=C1N(c2ccccc2)CCC1(O)CNCc1cc(F)cc(F)c1. The minimum Gasteiger partial charge on any atom is -0.379 e. The van der Waals surface area contributed by atoms with Gasteiger partial charge < -0.3 is 15.3 Å². The molecule has 1 unspecified atom stereocenters. The van der Waals surface area contributed by atoms with Gasteiger partial charge in [-0.1, -0.05) is 18.2 Å². The maximum absolute atomic E-state index is 13.2. The van der Waals surface area contributed by atoms with Crippen molar-refractivity contribution < 1.29 is 18.7 Å². The van der Waals surface area contributed by atoms with E-state index in [0.29, 0.717) is 18.5 Å². The molecule has 0 saturated carbocycles. The number of aliphatic hydroxyl groups is 1. The van der Waals surface area contributed by atoms with Gasteiger partial charge in [0.25, 0.3) is 5.91 Å². The number of hydrogen-bond donors (Lipinski definition) is 2. The fourth-order valence-electron chi connectivity index (χ4n) is 2.90. The van der Waals surface area contributed by atoms with Crippen LogP contribution in [-0.2, 0) is 11.3 Å². The average molecular weight is 332 g/mol. The van der Waals surface area contributed by atoms with Gasteiger partial charge in [0.05, 0.1) is 0 Å². The molecule has 1 heterocycles. The van der Waals surface area contributed by atoms with Crippen LogP contribution in [0.2, 0.25) is 0 Å². The normalized spacial score (nSPS) is 20.6. The lowest BCUT2D eigenvalue weighted by Crippen LogP contribution is -2.47. The predicted octanol–water partition coefficient (Wildman–Crippen LogP) is 2.22. The highest BCUT2D eigenvalue weighted by atomic mass is 19.1. The molecule has 2 N–H and O–H groups in total. The quantitative estimate of drug-likeness (QED) is 0.883. The van der Waals surface area contributed by atoms with E-state index >= 15 is 0 Å². The fourth-order valence-corrected chi connectivity index (χ4v) is 2.90. The Bertz CT molecular complexity index is 719. The third-order valence-corrected chi connectivity index (χ3v) is 4.13. The molecule has 0 aliphatic carbocycles. The van der Waals surface area contributed by atoms with Crippen molar-refractivity contribution in [3.63, 3.8) is 0 Å². The molecular formula is C18H18F2N2O2. The highest BCUT2D eigenvalue weighted by molar-refractivity contribution is 6.01. The van der Waals surface area contributed by atoms with E-state index in [1.165, 1.54) is 12.1 Å². The van der Waals surface area contributed by atoms with Gasteiger partial charge >= 0.3 is 0 Å². The van der Waals surface area contributed by atoms with Gasteiger partial charge in [-0.15, -0.1) is 0 Å². The van der Waals surface area contributed by atoms with Gasteiger partial charge in [0, 0.05) is 37.8 Å². The number of rotatable bonds is 5. The van der Waals surface area contributed by atoms with Crippen LogP contribution < -0.4 is 10.2 Å². The van der Waals surface area contributed by atoms with Crippen LogP contribution in [0.15, 0.2) is 48.5 Å². The smallest absolute Gasteiger partial charge is 0.260 e. The molecule has 24 heavy (non-hydrogen) atoms. The minimum absolute atomic E-state index is 0.0211. The molecular weight excluding hydrogens is 314 g/mol. The highest BCUT2D eigenvalue weighted by Gasteiger charge is 2.45. The zero-order chi connectivity index (χ0) is 17.2. The molecule has 1 saturated heterocycles.